The van der Waals surface area contributed by atoms with E-state index in [1.165, 1.54) is 0 Å². The first kappa shape index (κ1) is 15.1. The van der Waals surface area contributed by atoms with Crippen molar-refractivity contribution in [2.24, 2.45) is 0 Å². The molecule has 1 rings (SSSR count). The van der Waals surface area contributed by atoms with Crippen molar-refractivity contribution >= 4 is 27.7 Å². The Hall–Kier alpha value is -0.920. The highest BCUT2D eigenvalue weighted by Crippen LogP contribution is 2.17. The second-order valence-electron chi connectivity index (χ2n) is 4.04. The number of nitrogen functional groups attached to an aromatic ring is 1. The van der Waals surface area contributed by atoms with E-state index in [1.54, 1.807) is 6.07 Å². The lowest BCUT2D eigenvalue weighted by Crippen LogP contribution is -2.35. The predicted molar refractivity (Wildman–Crippen MR) is 74.5 cm³/mol. The Morgan fingerprint density at radius 1 is 1.44 bits per heavy atom. The normalized spacial score (nSPS) is 10.9. The Bertz CT molecular complexity index is 356. The van der Waals surface area contributed by atoms with E-state index in [1.807, 2.05) is 18.7 Å². The third-order valence-corrected chi connectivity index (χ3v) is 2.70. The van der Waals surface area contributed by atoms with E-state index in [-0.39, 0.29) is 12.6 Å². The summed E-state index contributed by atoms with van der Waals surface area (Å²) >= 11 is 3.30. The van der Waals surface area contributed by atoms with Crippen LogP contribution in [0.5, 0.6) is 0 Å². The third-order valence-electron chi connectivity index (χ3n) is 2.30. The molecule has 1 heterocycles. The first-order valence-electron chi connectivity index (χ1n) is 5.80. The second kappa shape index (κ2) is 7.50. The van der Waals surface area contributed by atoms with Crippen molar-refractivity contribution < 1.29 is 9.84 Å². The summed E-state index contributed by atoms with van der Waals surface area (Å²) in [5, 5.41) is 8.64. The Kier molecular flexibility index (Phi) is 6.31. The van der Waals surface area contributed by atoms with Crippen LogP contribution in [-0.4, -0.2) is 47.5 Å². The van der Waals surface area contributed by atoms with E-state index in [0.717, 1.165) is 0 Å². The van der Waals surface area contributed by atoms with Crippen molar-refractivity contribution in [3.63, 3.8) is 0 Å². The Morgan fingerprint density at radius 2 is 2.17 bits per heavy atom. The first-order valence-corrected chi connectivity index (χ1v) is 6.59. The fourth-order valence-electron chi connectivity index (χ4n) is 1.47. The number of anilines is 2. The highest BCUT2D eigenvalue weighted by Gasteiger charge is 2.14. The summed E-state index contributed by atoms with van der Waals surface area (Å²) in [5.41, 5.74) is 5.70. The largest absolute Gasteiger partial charge is 0.394 e. The average Bonchev–Trinajstić information content (AvgIpc) is 2.27. The van der Waals surface area contributed by atoms with Crippen molar-refractivity contribution in [2.75, 3.05) is 37.0 Å². The first-order chi connectivity index (χ1) is 8.54. The molecule has 0 aromatic carbocycles. The lowest BCUT2D eigenvalue weighted by molar-refractivity contribution is 0.0960. The van der Waals surface area contributed by atoms with Gasteiger partial charge in [0.15, 0.2) is 0 Å². The van der Waals surface area contributed by atoms with Crippen LogP contribution in [0.3, 0.4) is 0 Å². The van der Waals surface area contributed by atoms with Crippen LogP contribution in [0.2, 0.25) is 0 Å². The molecule has 1 aromatic heterocycles. The second-order valence-corrected chi connectivity index (χ2v) is 4.85. The minimum atomic E-state index is 0.0298. The summed E-state index contributed by atoms with van der Waals surface area (Å²) in [4.78, 5) is 10.5. The average molecular weight is 319 g/mol. The van der Waals surface area contributed by atoms with Gasteiger partial charge < -0.3 is 20.5 Å². The van der Waals surface area contributed by atoms with Gasteiger partial charge in [0.25, 0.3) is 0 Å². The molecule has 0 unspecified atom stereocenters. The van der Waals surface area contributed by atoms with Gasteiger partial charge in [-0.15, -0.1) is 0 Å². The Labute approximate surface area is 115 Å². The van der Waals surface area contributed by atoms with E-state index < -0.39 is 0 Å². The van der Waals surface area contributed by atoms with Gasteiger partial charge in [0.05, 0.1) is 19.8 Å². The molecule has 0 amide bonds. The van der Waals surface area contributed by atoms with E-state index in [4.69, 9.17) is 15.6 Å². The van der Waals surface area contributed by atoms with Crippen molar-refractivity contribution in [1.82, 2.24) is 9.97 Å². The summed E-state index contributed by atoms with van der Waals surface area (Å²) in [6.45, 7) is 5.62. The predicted octanol–water partition coefficient (Wildman–Crippen LogP) is 1.05. The molecule has 0 spiro atoms. The standard InChI is InChI=1S/C11H19BrN4O2/c1-8(2)16(3-5-18-6-4-17)11-14-9(12)7-10(13)15-11/h7-8,17H,3-6H2,1-2H3,(H2,13,14,15). The molecule has 18 heavy (non-hydrogen) atoms. The van der Waals surface area contributed by atoms with E-state index in [0.29, 0.717) is 36.1 Å². The van der Waals surface area contributed by atoms with Crippen LogP contribution in [0.25, 0.3) is 0 Å². The zero-order valence-corrected chi connectivity index (χ0v) is 12.2. The van der Waals surface area contributed by atoms with Crippen LogP contribution in [-0.2, 0) is 4.74 Å². The number of aliphatic hydroxyl groups excluding tert-OH is 1. The van der Waals surface area contributed by atoms with Gasteiger partial charge in [0.1, 0.15) is 10.4 Å². The summed E-state index contributed by atoms with van der Waals surface area (Å²) in [5.74, 6) is 0.998. The molecular weight excluding hydrogens is 300 g/mol. The molecule has 0 atom stereocenters. The number of hydrogen-bond donors (Lipinski definition) is 2. The highest BCUT2D eigenvalue weighted by molar-refractivity contribution is 9.10. The molecule has 3 N–H and O–H groups in total. The maximum atomic E-state index is 8.64. The van der Waals surface area contributed by atoms with Crippen molar-refractivity contribution in [3.8, 4) is 0 Å². The van der Waals surface area contributed by atoms with Gasteiger partial charge in [-0.1, -0.05) is 0 Å². The van der Waals surface area contributed by atoms with Gasteiger partial charge >= 0.3 is 0 Å². The van der Waals surface area contributed by atoms with Crippen molar-refractivity contribution in [2.45, 2.75) is 19.9 Å². The minimum absolute atomic E-state index is 0.0298. The topological polar surface area (TPSA) is 84.5 Å². The quantitative estimate of drug-likeness (QED) is 0.577. The zero-order valence-electron chi connectivity index (χ0n) is 10.6. The van der Waals surface area contributed by atoms with Crippen LogP contribution in [0.15, 0.2) is 10.7 Å². The molecule has 0 aliphatic heterocycles. The van der Waals surface area contributed by atoms with Gasteiger partial charge in [0, 0.05) is 18.7 Å². The Morgan fingerprint density at radius 3 is 2.72 bits per heavy atom. The van der Waals surface area contributed by atoms with Crippen LogP contribution in [0.1, 0.15) is 13.8 Å². The molecule has 1 aromatic rings. The lowest BCUT2D eigenvalue weighted by Gasteiger charge is -2.26. The number of aliphatic hydroxyl groups is 1. The molecular formula is C11H19BrN4O2. The van der Waals surface area contributed by atoms with Crippen molar-refractivity contribution in [3.05, 3.63) is 10.7 Å². The summed E-state index contributed by atoms with van der Waals surface area (Å²) in [6, 6.07) is 1.89. The van der Waals surface area contributed by atoms with Crippen LogP contribution >= 0.6 is 15.9 Å². The smallest absolute Gasteiger partial charge is 0.228 e. The molecule has 0 bridgehead atoms. The maximum absolute atomic E-state index is 8.64. The zero-order chi connectivity index (χ0) is 13.5. The van der Waals surface area contributed by atoms with Gasteiger partial charge in [-0.2, -0.15) is 4.98 Å². The van der Waals surface area contributed by atoms with Gasteiger partial charge in [-0.3, -0.25) is 0 Å². The lowest BCUT2D eigenvalue weighted by atomic mass is 10.3. The monoisotopic (exact) mass is 318 g/mol. The fourth-order valence-corrected chi connectivity index (χ4v) is 1.86. The number of hydrogen-bond acceptors (Lipinski definition) is 6. The molecule has 0 fully saturated rings. The van der Waals surface area contributed by atoms with E-state index >= 15 is 0 Å². The number of nitrogens with two attached hydrogens (primary N) is 1. The van der Waals surface area contributed by atoms with Crippen LogP contribution in [0.4, 0.5) is 11.8 Å². The number of nitrogens with zero attached hydrogens (tertiary/aromatic N) is 3. The van der Waals surface area contributed by atoms with Gasteiger partial charge in [0.2, 0.25) is 5.95 Å². The summed E-state index contributed by atoms with van der Waals surface area (Å²) in [6.07, 6.45) is 0. The number of rotatable bonds is 7. The molecule has 0 aliphatic carbocycles. The number of halogens is 1. The van der Waals surface area contributed by atoms with E-state index in [2.05, 4.69) is 25.9 Å². The molecule has 0 radical (unpaired) electrons. The van der Waals surface area contributed by atoms with Crippen molar-refractivity contribution in [1.29, 1.82) is 0 Å². The third kappa shape index (κ3) is 4.75. The fraction of sp³-hybridized carbons (Fsp3) is 0.636. The maximum Gasteiger partial charge on any atom is 0.228 e. The highest BCUT2D eigenvalue weighted by atomic mass is 79.9. The van der Waals surface area contributed by atoms with Crippen LogP contribution in [0, 0.1) is 0 Å². The number of ether oxygens (including phenoxy) is 1. The molecule has 0 saturated heterocycles. The molecule has 0 saturated carbocycles. The van der Waals surface area contributed by atoms with Gasteiger partial charge in [-0.05, 0) is 29.8 Å². The van der Waals surface area contributed by atoms with Crippen LogP contribution < -0.4 is 10.6 Å². The molecule has 6 nitrogen and oxygen atoms in total. The summed E-state index contributed by atoms with van der Waals surface area (Å²) in [7, 11) is 0. The Balaban J connectivity index is 2.71. The van der Waals surface area contributed by atoms with Gasteiger partial charge in [-0.25, -0.2) is 4.98 Å². The SMILES string of the molecule is CC(C)N(CCOCCO)c1nc(N)cc(Br)n1. The van der Waals surface area contributed by atoms with E-state index in [9.17, 15) is 0 Å². The summed E-state index contributed by atoms with van der Waals surface area (Å²) < 4.78 is 5.91. The minimum Gasteiger partial charge on any atom is -0.394 e. The molecule has 0 aliphatic rings. The molecule has 102 valence electrons. The number of aromatic nitrogens is 2. The molecule has 7 heteroatoms.